The molecule has 1 heterocycles. The summed E-state index contributed by atoms with van der Waals surface area (Å²) < 4.78 is 11.7. The van der Waals surface area contributed by atoms with E-state index >= 15 is 0 Å². The van der Waals surface area contributed by atoms with Crippen LogP contribution in [-0.4, -0.2) is 19.5 Å². The molecule has 2 nitrogen and oxygen atoms in total. The summed E-state index contributed by atoms with van der Waals surface area (Å²) in [4.78, 5) is 0. The number of hydrogen-bond donors (Lipinski definition) is 0. The van der Waals surface area contributed by atoms with Crippen LogP contribution in [-0.2, 0) is 9.47 Å². The van der Waals surface area contributed by atoms with Crippen molar-refractivity contribution in [1.29, 1.82) is 0 Å². The van der Waals surface area contributed by atoms with Crippen LogP contribution in [0.4, 0.5) is 0 Å². The van der Waals surface area contributed by atoms with Gasteiger partial charge >= 0.3 is 0 Å². The zero-order valence-corrected chi connectivity index (χ0v) is 9.55. The molecule has 2 fully saturated rings. The molecule has 0 spiro atoms. The lowest BCUT2D eigenvalue weighted by Gasteiger charge is -2.39. The lowest BCUT2D eigenvalue weighted by atomic mass is 9.73. The lowest BCUT2D eigenvalue weighted by molar-refractivity contribution is -0.223. The van der Waals surface area contributed by atoms with E-state index in [1.54, 1.807) is 5.57 Å². The van der Waals surface area contributed by atoms with Crippen LogP contribution in [0.25, 0.3) is 0 Å². The van der Waals surface area contributed by atoms with Crippen LogP contribution in [0.1, 0.15) is 44.9 Å². The Bertz CT molecular complexity index is 283. The van der Waals surface area contributed by atoms with Crippen LogP contribution in [0.5, 0.6) is 0 Å². The van der Waals surface area contributed by atoms with Crippen molar-refractivity contribution < 1.29 is 9.47 Å². The Morgan fingerprint density at radius 3 is 2.93 bits per heavy atom. The third kappa shape index (κ3) is 1.12. The van der Waals surface area contributed by atoms with E-state index in [4.69, 9.17) is 9.47 Å². The van der Waals surface area contributed by atoms with Crippen LogP contribution in [0, 0.1) is 5.41 Å². The van der Waals surface area contributed by atoms with Crippen molar-refractivity contribution in [2.75, 3.05) is 13.7 Å². The van der Waals surface area contributed by atoms with Gasteiger partial charge in [0.1, 0.15) is 0 Å². The number of hydrogen-bond acceptors (Lipinski definition) is 2. The maximum atomic E-state index is 5.97. The minimum Gasteiger partial charge on any atom is -0.352 e. The second kappa shape index (κ2) is 3.33. The van der Waals surface area contributed by atoms with E-state index in [1.165, 1.54) is 38.5 Å². The number of rotatable bonds is 2. The molecule has 0 aromatic carbocycles. The summed E-state index contributed by atoms with van der Waals surface area (Å²) in [6, 6.07) is 0. The smallest absolute Gasteiger partial charge is 0.177 e. The van der Waals surface area contributed by atoms with E-state index in [2.05, 4.69) is 6.08 Å². The Labute approximate surface area is 91.6 Å². The van der Waals surface area contributed by atoms with Crippen LogP contribution in [0.15, 0.2) is 11.6 Å². The van der Waals surface area contributed by atoms with Gasteiger partial charge < -0.3 is 9.47 Å². The fraction of sp³-hybridized carbons (Fsp3) is 0.846. The van der Waals surface area contributed by atoms with Crippen molar-refractivity contribution >= 4 is 0 Å². The molecule has 1 saturated heterocycles. The Morgan fingerprint density at radius 2 is 2.20 bits per heavy atom. The average Bonchev–Trinajstić information content (AvgIpc) is 2.91. The maximum absolute atomic E-state index is 5.97. The number of methoxy groups -OCH3 is 1. The molecule has 0 aromatic rings. The van der Waals surface area contributed by atoms with Crippen molar-refractivity contribution in [3.05, 3.63) is 11.6 Å². The molecular weight excluding hydrogens is 188 g/mol. The zero-order chi connectivity index (χ0) is 10.4. The minimum absolute atomic E-state index is 0.248. The summed E-state index contributed by atoms with van der Waals surface area (Å²) in [6.07, 6.45) is 11.1. The molecule has 3 aliphatic rings. The van der Waals surface area contributed by atoms with E-state index in [0.29, 0.717) is 0 Å². The van der Waals surface area contributed by atoms with Crippen molar-refractivity contribution in [1.82, 2.24) is 0 Å². The van der Waals surface area contributed by atoms with Crippen molar-refractivity contribution in [2.45, 2.75) is 50.7 Å². The summed E-state index contributed by atoms with van der Waals surface area (Å²) in [6.45, 7) is 0.880. The molecule has 84 valence electrons. The molecule has 3 rings (SSSR count). The van der Waals surface area contributed by atoms with E-state index < -0.39 is 0 Å². The molecular formula is C13H20O2. The molecule has 1 saturated carbocycles. The molecule has 2 unspecified atom stereocenters. The Morgan fingerprint density at radius 1 is 1.27 bits per heavy atom. The molecule has 2 atom stereocenters. The van der Waals surface area contributed by atoms with Gasteiger partial charge in [-0.15, -0.1) is 0 Å². The summed E-state index contributed by atoms with van der Waals surface area (Å²) in [5.74, 6) is -0.261. The lowest BCUT2D eigenvalue weighted by Crippen LogP contribution is -2.43. The fourth-order valence-electron chi connectivity index (χ4n) is 4.00. The number of fused-ring (bicyclic) bond motifs is 1. The minimum atomic E-state index is -0.261. The molecule has 0 aromatic heterocycles. The Kier molecular flexibility index (Phi) is 2.18. The molecule has 1 aliphatic heterocycles. The predicted octanol–water partition coefficient (Wildman–Crippen LogP) is 3.03. The van der Waals surface area contributed by atoms with Gasteiger partial charge in [0, 0.05) is 18.9 Å². The van der Waals surface area contributed by atoms with Gasteiger partial charge in [-0.05, 0) is 38.5 Å². The Hall–Kier alpha value is -0.340. The molecule has 2 heteroatoms. The highest BCUT2D eigenvalue weighted by Crippen LogP contribution is 2.61. The third-order valence-electron chi connectivity index (χ3n) is 4.69. The molecule has 0 N–H and O–H groups in total. The van der Waals surface area contributed by atoms with Gasteiger partial charge in [-0.2, -0.15) is 0 Å². The van der Waals surface area contributed by atoms with Crippen LogP contribution >= 0.6 is 0 Å². The van der Waals surface area contributed by atoms with Crippen molar-refractivity contribution in [2.24, 2.45) is 5.41 Å². The van der Waals surface area contributed by atoms with E-state index in [9.17, 15) is 0 Å². The highest BCUT2D eigenvalue weighted by Gasteiger charge is 2.61. The zero-order valence-electron chi connectivity index (χ0n) is 9.55. The first-order valence-electron chi connectivity index (χ1n) is 6.22. The average molecular weight is 208 g/mol. The predicted molar refractivity (Wildman–Crippen MR) is 58.5 cm³/mol. The summed E-state index contributed by atoms with van der Waals surface area (Å²) >= 11 is 0. The van der Waals surface area contributed by atoms with E-state index in [1.807, 2.05) is 7.11 Å². The third-order valence-corrected chi connectivity index (χ3v) is 4.69. The monoisotopic (exact) mass is 208 g/mol. The Balaban J connectivity index is 2.00. The van der Waals surface area contributed by atoms with Crippen molar-refractivity contribution in [3.8, 4) is 0 Å². The summed E-state index contributed by atoms with van der Waals surface area (Å²) in [7, 11) is 1.82. The first-order chi connectivity index (χ1) is 7.33. The van der Waals surface area contributed by atoms with E-state index in [-0.39, 0.29) is 11.2 Å². The number of ether oxygens (including phenoxy) is 2. The van der Waals surface area contributed by atoms with Gasteiger partial charge in [-0.3, -0.25) is 0 Å². The maximum Gasteiger partial charge on any atom is 0.177 e. The summed E-state index contributed by atoms with van der Waals surface area (Å²) in [5, 5.41) is 0. The van der Waals surface area contributed by atoms with Gasteiger partial charge in [0.15, 0.2) is 5.79 Å². The van der Waals surface area contributed by atoms with Gasteiger partial charge in [0.25, 0.3) is 0 Å². The molecule has 0 radical (unpaired) electrons. The van der Waals surface area contributed by atoms with Crippen LogP contribution in [0.2, 0.25) is 0 Å². The van der Waals surface area contributed by atoms with Crippen LogP contribution < -0.4 is 0 Å². The molecule has 15 heavy (non-hydrogen) atoms. The largest absolute Gasteiger partial charge is 0.352 e. The first kappa shape index (κ1) is 9.86. The normalized spacial score (nSPS) is 44.5. The standard InChI is InChI=1S/C13H20O2/c1-14-13-8-4-7-12(13,9-10-15-13)11-5-2-3-6-11/h5H,2-4,6-10H2,1H3. The SMILES string of the molecule is COC12CCCC1(C1=CCCC1)CCO2. The topological polar surface area (TPSA) is 18.5 Å². The van der Waals surface area contributed by atoms with Gasteiger partial charge in [0.05, 0.1) is 6.61 Å². The van der Waals surface area contributed by atoms with Crippen LogP contribution in [0.3, 0.4) is 0 Å². The molecule has 2 aliphatic carbocycles. The second-order valence-electron chi connectivity index (χ2n) is 5.11. The van der Waals surface area contributed by atoms with Crippen molar-refractivity contribution in [3.63, 3.8) is 0 Å². The first-order valence-corrected chi connectivity index (χ1v) is 6.22. The molecule has 0 amide bonds. The highest BCUT2D eigenvalue weighted by molar-refractivity contribution is 5.26. The quantitative estimate of drug-likeness (QED) is 0.649. The molecule has 0 bridgehead atoms. The van der Waals surface area contributed by atoms with Gasteiger partial charge in [0.2, 0.25) is 0 Å². The van der Waals surface area contributed by atoms with Gasteiger partial charge in [-0.25, -0.2) is 0 Å². The van der Waals surface area contributed by atoms with Gasteiger partial charge in [-0.1, -0.05) is 11.6 Å². The number of allylic oxidation sites excluding steroid dienone is 1. The second-order valence-corrected chi connectivity index (χ2v) is 5.11. The highest BCUT2D eigenvalue weighted by atomic mass is 16.7. The summed E-state index contributed by atoms with van der Waals surface area (Å²) in [5.41, 5.74) is 1.89. The van der Waals surface area contributed by atoms with E-state index in [0.717, 1.165) is 13.0 Å². The fourth-order valence-corrected chi connectivity index (χ4v) is 4.00.